The average Bonchev–Trinajstić information content (AvgIpc) is 3.15. The molecule has 0 spiro atoms. The van der Waals surface area contributed by atoms with E-state index in [9.17, 15) is 8.42 Å². The van der Waals surface area contributed by atoms with Gasteiger partial charge in [0.05, 0.1) is 6.54 Å². The summed E-state index contributed by atoms with van der Waals surface area (Å²) in [5, 5.41) is 8.47. The van der Waals surface area contributed by atoms with E-state index in [0.29, 0.717) is 22.8 Å². The minimum absolute atomic E-state index is 0.280. The van der Waals surface area contributed by atoms with E-state index in [-0.39, 0.29) is 6.54 Å². The number of hydrogen-bond acceptors (Lipinski definition) is 5. The van der Waals surface area contributed by atoms with Gasteiger partial charge in [-0.15, -0.1) is 11.3 Å². The van der Waals surface area contributed by atoms with E-state index in [4.69, 9.17) is 0 Å². The molecule has 0 amide bonds. The second kappa shape index (κ2) is 10.2. The number of nitrogens with one attached hydrogen (secondary N) is 3. The number of guanidine groups is 1. The van der Waals surface area contributed by atoms with Gasteiger partial charge in [-0.25, -0.2) is 13.1 Å². The van der Waals surface area contributed by atoms with E-state index < -0.39 is 10.0 Å². The van der Waals surface area contributed by atoms with Crippen LogP contribution < -0.4 is 15.4 Å². The molecule has 2 heterocycles. The summed E-state index contributed by atoms with van der Waals surface area (Å²) in [6, 6.07) is 4.33. The van der Waals surface area contributed by atoms with E-state index in [1.54, 1.807) is 17.5 Å². The topological polar surface area (TPSA) is 85.8 Å². The molecule has 0 atom stereocenters. The minimum Gasteiger partial charge on any atom is -0.357 e. The zero-order chi connectivity index (χ0) is 19.0. The summed E-state index contributed by atoms with van der Waals surface area (Å²) in [4.78, 5) is 6.99. The normalized spacial score (nSPS) is 17.6. The zero-order valence-corrected chi connectivity index (χ0v) is 17.5. The molecule has 0 radical (unpaired) electrons. The zero-order valence-electron chi connectivity index (χ0n) is 15.9. The van der Waals surface area contributed by atoms with Crippen molar-refractivity contribution in [3.05, 3.63) is 17.5 Å². The van der Waals surface area contributed by atoms with Crippen molar-refractivity contribution >= 4 is 27.3 Å². The van der Waals surface area contributed by atoms with Crippen molar-refractivity contribution in [1.29, 1.82) is 0 Å². The summed E-state index contributed by atoms with van der Waals surface area (Å²) >= 11 is 1.21. The van der Waals surface area contributed by atoms with E-state index >= 15 is 0 Å². The van der Waals surface area contributed by atoms with Crippen LogP contribution >= 0.6 is 11.3 Å². The predicted octanol–water partition coefficient (Wildman–Crippen LogP) is 1.45. The summed E-state index contributed by atoms with van der Waals surface area (Å²) < 4.78 is 27.1. The van der Waals surface area contributed by atoms with Crippen molar-refractivity contribution in [2.45, 2.75) is 49.9 Å². The summed E-state index contributed by atoms with van der Waals surface area (Å²) in [6.07, 6.45) is 2.18. The fraction of sp³-hybridized carbons (Fsp3) is 0.706. The highest BCUT2D eigenvalue weighted by atomic mass is 32.2. The Balaban J connectivity index is 1.79. The van der Waals surface area contributed by atoms with Gasteiger partial charge in [-0.1, -0.05) is 6.07 Å². The highest BCUT2D eigenvalue weighted by Gasteiger charge is 2.21. The first kappa shape index (κ1) is 21.1. The van der Waals surface area contributed by atoms with Gasteiger partial charge in [0.2, 0.25) is 10.0 Å². The maximum Gasteiger partial charge on any atom is 0.250 e. The van der Waals surface area contributed by atoms with Gasteiger partial charge in [-0.3, -0.25) is 4.99 Å². The number of thiophene rings is 1. The number of aliphatic imine (C=N–C) groups is 1. The van der Waals surface area contributed by atoms with Crippen LogP contribution in [0.15, 0.2) is 26.7 Å². The van der Waals surface area contributed by atoms with Gasteiger partial charge in [-0.2, -0.15) is 0 Å². The van der Waals surface area contributed by atoms with Crippen molar-refractivity contribution < 1.29 is 8.42 Å². The highest BCUT2D eigenvalue weighted by molar-refractivity contribution is 7.91. The molecule has 1 saturated heterocycles. The number of sulfonamides is 1. The first-order valence-electron chi connectivity index (χ1n) is 9.24. The van der Waals surface area contributed by atoms with Crippen LogP contribution in [0.5, 0.6) is 0 Å². The van der Waals surface area contributed by atoms with Crippen molar-refractivity contribution in [2.24, 2.45) is 4.99 Å². The lowest BCUT2D eigenvalue weighted by atomic mass is 10.0. The molecule has 1 aromatic rings. The van der Waals surface area contributed by atoms with Gasteiger partial charge >= 0.3 is 0 Å². The van der Waals surface area contributed by atoms with E-state index in [1.165, 1.54) is 11.3 Å². The quantitative estimate of drug-likeness (QED) is 0.349. The van der Waals surface area contributed by atoms with Crippen molar-refractivity contribution in [3.8, 4) is 0 Å². The second-order valence-corrected chi connectivity index (χ2v) is 9.58. The molecule has 0 aromatic carbocycles. The number of likely N-dealkylation sites (tertiary alicyclic amines) is 1. The molecule has 1 aliphatic heterocycles. The highest BCUT2D eigenvalue weighted by Crippen LogP contribution is 2.15. The molecule has 1 fully saturated rings. The van der Waals surface area contributed by atoms with E-state index in [2.05, 4.69) is 39.1 Å². The summed E-state index contributed by atoms with van der Waals surface area (Å²) in [5.74, 6) is 0.755. The lowest BCUT2D eigenvalue weighted by Crippen LogP contribution is -2.50. The Morgan fingerprint density at radius 3 is 2.69 bits per heavy atom. The molecule has 0 unspecified atom stereocenters. The van der Waals surface area contributed by atoms with Crippen molar-refractivity contribution in [2.75, 3.05) is 32.7 Å². The molecule has 1 aromatic heterocycles. The molecule has 1 aliphatic rings. The fourth-order valence-corrected chi connectivity index (χ4v) is 4.97. The lowest BCUT2D eigenvalue weighted by Gasteiger charge is -2.35. The number of piperidine rings is 1. The molecule has 0 bridgehead atoms. The van der Waals surface area contributed by atoms with E-state index in [1.807, 2.05) is 6.92 Å². The Kier molecular flexibility index (Phi) is 8.33. The molecular weight excluding hydrogens is 370 g/mol. The maximum absolute atomic E-state index is 12.1. The van der Waals surface area contributed by atoms with Gasteiger partial charge in [0.1, 0.15) is 4.21 Å². The summed E-state index contributed by atoms with van der Waals surface area (Å²) in [5.41, 5.74) is 0. The molecular formula is C17H31N5O2S2. The molecule has 7 nitrogen and oxygen atoms in total. The van der Waals surface area contributed by atoms with Crippen LogP contribution in [0, 0.1) is 0 Å². The SMILES string of the molecule is CCNC(=NCCNS(=O)(=O)c1cccs1)NC1CCN(C(C)C)CC1. The molecule has 9 heteroatoms. The minimum atomic E-state index is -3.42. The van der Waals surface area contributed by atoms with Gasteiger partial charge in [0, 0.05) is 38.3 Å². The lowest BCUT2D eigenvalue weighted by molar-refractivity contribution is 0.167. The second-order valence-electron chi connectivity index (χ2n) is 6.64. The van der Waals surface area contributed by atoms with Gasteiger partial charge in [0.15, 0.2) is 5.96 Å². The first-order valence-corrected chi connectivity index (χ1v) is 11.6. The van der Waals surface area contributed by atoms with Crippen molar-refractivity contribution in [3.63, 3.8) is 0 Å². The Morgan fingerprint density at radius 2 is 2.12 bits per heavy atom. The number of hydrogen-bond donors (Lipinski definition) is 3. The molecule has 0 aliphatic carbocycles. The van der Waals surface area contributed by atoms with Crippen LogP contribution in [0.3, 0.4) is 0 Å². The fourth-order valence-electron chi connectivity index (χ4n) is 2.91. The Morgan fingerprint density at radius 1 is 1.38 bits per heavy atom. The smallest absolute Gasteiger partial charge is 0.250 e. The van der Waals surface area contributed by atoms with Crippen LogP contribution in [-0.4, -0.2) is 64.1 Å². The van der Waals surface area contributed by atoms with E-state index in [0.717, 1.165) is 38.4 Å². The monoisotopic (exact) mass is 401 g/mol. The molecule has 0 saturated carbocycles. The molecule has 2 rings (SSSR count). The summed E-state index contributed by atoms with van der Waals surface area (Å²) in [7, 11) is -3.42. The number of rotatable bonds is 8. The average molecular weight is 402 g/mol. The van der Waals surface area contributed by atoms with Crippen LogP contribution in [0.4, 0.5) is 0 Å². The third-order valence-corrected chi connectivity index (χ3v) is 7.24. The first-order chi connectivity index (χ1) is 12.4. The third-order valence-electron chi connectivity index (χ3n) is 4.38. The molecule has 3 N–H and O–H groups in total. The number of nitrogens with zero attached hydrogens (tertiary/aromatic N) is 2. The maximum atomic E-state index is 12.1. The molecule has 148 valence electrons. The van der Waals surface area contributed by atoms with Gasteiger partial charge in [0.25, 0.3) is 0 Å². The van der Waals surface area contributed by atoms with Gasteiger partial charge < -0.3 is 15.5 Å². The van der Waals surface area contributed by atoms with Gasteiger partial charge in [-0.05, 0) is 45.1 Å². The van der Waals surface area contributed by atoms with Crippen molar-refractivity contribution in [1.82, 2.24) is 20.3 Å². The Labute approximate surface area is 161 Å². The van der Waals surface area contributed by atoms with Crippen LogP contribution in [0.1, 0.15) is 33.6 Å². The summed E-state index contributed by atoms with van der Waals surface area (Å²) in [6.45, 7) is 10.1. The van der Waals surface area contributed by atoms with Crippen LogP contribution in [0.2, 0.25) is 0 Å². The Bertz CT molecular complexity index is 651. The third kappa shape index (κ3) is 6.53. The standard InChI is InChI=1S/C17H31N5O2S2/c1-4-18-17(21-15-7-11-22(12-8-15)14(2)3)19-9-10-20-26(23,24)16-6-5-13-25-16/h5-6,13-15,20H,4,7-12H2,1-3H3,(H2,18,19,21). The Hall–Kier alpha value is -1.16. The predicted molar refractivity (Wildman–Crippen MR) is 108 cm³/mol. The van der Waals surface area contributed by atoms with Crippen LogP contribution in [-0.2, 0) is 10.0 Å². The largest absolute Gasteiger partial charge is 0.357 e. The van der Waals surface area contributed by atoms with Crippen LogP contribution in [0.25, 0.3) is 0 Å². The molecule has 26 heavy (non-hydrogen) atoms.